The fourth-order valence-electron chi connectivity index (χ4n) is 3.57. The summed E-state index contributed by atoms with van der Waals surface area (Å²) in [6.45, 7) is 2.32. The Kier molecular flexibility index (Phi) is 7.38. The lowest BCUT2D eigenvalue weighted by atomic mass is 10.1. The van der Waals surface area contributed by atoms with Gasteiger partial charge in [-0.1, -0.05) is 11.6 Å². The highest BCUT2D eigenvalue weighted by molar-refractivity contribution is 6.32. The van der Waals surface area contributed by atoms with Crippen molar-refractivity contribution in [3.05, 3.63) is 81.3 Å². The van der Waals surface area contributed by atoms with Crippen LogP contribution in [0.4, 0.5) is 33.6 Å². The topological polar surface area (TPSA) is 144 Å². The van der Waals surface area contributed by atoms with Crippen LogP contribution in [0.15, 0.2) is 64.1 Å². The molecule has 2 N–H and O–H groups in total. The molecule has 1 saturated heterocycles. The second-order valence-corrected chi connectivity index (χ2v) is 8.42. The van der Waals surface area contributed by atoms with Gasteiger partial charge in [0.1, 0.15) is 22.4 Å². The van der Waals surface area contributed by atoms with Crippen LogP contribution < -0.4 is 15.6 Å². The van der Waals surface area contributed by atoms with Crippen LogP contribution in [0.25, 0.3) is 11.3 Å². The molecule has 5 rings (SSSR count). The smallest absolute Gasteiger partial charge is 0.288 e. The molecule has 0 bridgehead atoms. The summed E-state index contributed by atoms with van der Waals surface area (Å²) >= 11 is 5.89. The molecule has 0 aliphatic carbocycles. The number of aromatic nitrogens is 3. The zero-order valence-electron chi connectivity index (χ0n) is 19.7. The molecule has 0 amide bonds. The quantitative estimate of drug-likeness (QED) is 0.181. The molecule has 0 radical (unpaired) electrons. The molecule has 2 aromatic carbocycles. The minimum absolute atomic E-state index is 0.0402. The third-order valence-corrected chi connectivity index (χ3v) is 5.75. The van der Waals surface area contributed by atoms with Gasteiger partial charge >= 0.3 is 0 Å². The number of morpholine rings is 1. The molecule has 3 heterocycles. The number of hydrogen-bond acceptors (Lipinski definition) is 11. The Morgan fingerprint density at radius 1 is 1.05 bits per heavy atom. The van der Waals surface area contributed by atoms with Gasteiger partial charge in [0, 0.05) is 30.4 Å². The zero-order chi connectivity index (χ0) is 26.5. The maximum absolute atomic E-state index is 13.3. The normalized spacial score (nSPS) is 13.6. The van der Waals surface area contributed by atoms with Gasteiger partial charge in [-0.3, -0.25) is 10.1 Å². The van der Waals surface area contributed by atoms with E-state index in [1.54, 1.807) is 30.3 Å². The van der Waals surface area contributed by atoms with Gasteiger partial charge < -0.3 is 19.4 Å². The van der Waals surface area contributed by atoms with Crippen molar-refractivity contribution in [3.8, 4) is 11.3 Å². The van der Waals surface area contributed by atoms with Gasteiger partial charge in [-0.15, -0.1) is 0 Å². The number of ether oxygens (including phenoxy) is 1. The Labute approximate surface area is 220 Å². The van der Waals surface area contributed by atoms with E-state index in [2.05, 4.69) is 30.8 Å². The van der Waals surface area contributed by atoms with Crippen molar-refractivity contribution in [2.75, 3.05) is 41.9 Å². The number of rotatable bonds is 8. The lowest BCUT2D eigenvalue weighted by molar-refractivity contribution is -0.384. The molecule has 194 valence electrons. The van der Waals surface area contributed by atoms with Gasteiger partial charge in [0.15, 0.2) is 0 Å². The van der Waals surface area contributed by atoms with E-state index >= 15 is 0 Å². The number of nitro groups is 1. The van der Waals surface area contributed by atoms with Crippen LogP contribution in [0.5, 0.6) is 0 Å². The van der Waals surface area contributed by atoms with E-state index in [-0.39, 0.29) is 28.4 Å². The molecule has 2 aromatic heterocycles. The van der Waals surface area contributed by atoms with Crippen LogP contribution in [0.2, 0.25) is 5.02 Å². The Hall–Kier alpha value is -4.62. The largest absolute Gasteiger partial charge is 0.455 e. The van der Waals surface area contributed by atoms with Crippen molar-refractivity contribution in [1.82, 2.24) is 15.0 Å². The SMILES string of the molecule is O=[N+]([O-])c1cc(-c2ccc(C=NNc3nc(Nc4ccc(F)cc4)nc(N4CCOCC4)n3)o2)ccc1Cl. The number of nitrogens with zero attached hydrogens (tertiary/aromatic N) is 6. The minimum Gasteiger partial charge on any atom is -0.455 e. The van der Waals surface area contributed by atoms with Gasteiger partial charge in [-0.05, 0) is 48.5 Å². The van der Waals surface area contributed by atoms with E-state index in [0.717, 1.165) is 0 Å². The zero-order valence-corrected chi connectivity index (χ0v) is 20.4. The summed E-state index contributed by atoms with van der Waals surface area (Å²) in [4.78, 5) is 25.8. The van der Waals surface area contributed by atoms with Gasteiger partial charge in [-0.25, -0.2) is 9.82 Å². The summed E-state index contributed by atoms with van der Waals surface area (Å²) < 4.78 is 24.4. The first-order chi connectivity index (χ1) is 18.4. The van der Waals surface area contributed by atoms with E-state index < -0.39 is 4.92 Å². The number of nitro benzene ring substituents is 1. The third kappa shape index (κ3) is 6.02. The van der Waals surface area contributed by atoms with Crippen LogP contribution in [0.1, 0.15) is 5.76 Å². The Bertz CT molecular complexity index is 1470. The molecule has 1 fully saturated rings. The second kappa shape index (κ2) is 11.2. The first-order valence-electron chi connectivity index (χ1n) is 11.4. The fourth-order valence-corrected chi connectivity index (χ4v) is 3.76. The van der Waals surface area contributed by atoms with Crippen LogP contribution in [-0.2, 0) is 4.74 Å². The van der Waals surface area contributed by atoms with Gasteiger partial charge in [0.2, 0.25) is 17.8 Å². The lowest BCUT2D eigenvalue weighted by Gasteiger charge is -2.27. The maximum atomic E-state index is 13.3. The number of halogens is 2. The Morgan fingerprint density at radius 2 is 1.82 bits per heavy atom. The molecule has 38 heavy (non-hydrogen) atoms. The summed E-state index contributed by atoms with van der Waals surface area (Å²) in [6.07, 6.45) is 1.42. The molecule has 1 aliphatic heterocycles. The molecule has 1 aliphatic rings. The number of hydrogen-bond donors (Lipinski definition) is 2. The molecule has 0 unspecified atom stereocenters. The number of hydrazone groups is 1. The summed E-state index contributed by atoms with van der Waals surface area (Å²) in [5, 5.41) is 18.4. The predicted octanol–water partition coefficient (Wildman–Crippen LogP) is 4.86. The molecular weight excluding hydrogens is 519 g/mol. The van der Waals surface area contributed by atoms with Crippen LogP contribution in [0, 0.1) is 15.9 Å². The Balaban J connectivity index is 1.34. The maximum Gasteiger partial charge on any atom is 0.288 e. The fraction of sp³-hybridized carbons (Fsp3) is 0.167. The van der Waals surface area contributed by atoms with Crippen LogP contribution in [0.3, 0.4) is 0 Å². The van der Waals surface area contributed by atoms with Crippen molar-refractivity contribution in [2.24, 2.45) is 5.10 Å². The summed E-state index contributed by atoms with van der Waals surface area (Å²) in [5.74, 6) is 1.28. The van der Waals surface area contributed by atoms with E-state index in [1.165, 1.54) is 30.5 Å². The van der Waals surface area contributed by atoms with Crippen molar-refractivity contribution < 1.29 is 18.5 Å². The van der Waals surface area contributed by atoms with E-state index in [0.29, 0.717) is 55.0 Å². The standard InChI is InChI=1S/C24H20ClFN8O4/c25-19-7-1-15(13-20(19)34(35)36)21-8-6-18(38-21)14-27-32-23-29-22(28-17-4-2-16(26)3-5-17)30-24(31-23)33-9-11-37-12-10-33/h1-8,13-14H,9-12H2,(H2,28,29,30,31,32). The van der Waals surface area contributed by atoms with Gasteiger partial charge in [0.05, 0.1) is 24.4 Å². The highest BCUT2D eigenvalue weighted by atomic mass is 35.5. The molecule has 0 spiro atoms. The van der Waals surface area contributed by atoms with E-state index in [1.807, 2.05) is 4.90 Å². The molecule has 14 heteroatoms. The summed E-state index contributed by atoms with van der Waals surface area (Å²) in [7, 11) is 0. The average Bonchev–Trinajstić information content (AvgIpc) is 3.39. The van der Waals surface area contributed by atoms with Crippen molar-refractivity contribution >= 4 is 47.0 Å². The molecule has 0 atom stereocenters. The highest BCUT2D eigenvalue weighted by Crippen LogP contribution is 2.31. The molecular formula is C24H20ClFN8O4. The summed E-state index contributed by atoms with van der Waals surface area (Å²) in [6, 6.07) is 13.5. The Morgan fingerprint density at radius 3 is 2.58 bits per heavy atom. The number of anilines is 4. The number of nitrogens with one attached hydrogen (secondary N) is 2. The highest BCUT2D eigenvalue weighted by Gasteiger charge is 2.17. The third-order valence-electron chi connectivity index (χ3n) is 5.43. The molecule has 0 saturated carbocycles. The van der Waals surface area contributed by atoms with E-state index in [9.17, 15) is 14.5 Å². The minimum atomic E-state index is -0.555. The second-order valence-electron chi connectivity index (χ2n) is 8.01. The van der Waals surface area contributed by atoms with E-state index in [4.69, 9.17) is 20.8 Å². The molecule has 4 aromatic rings. The lowest BCUT2D eigenvalue weighted by Crippen LogP contribution is -2.37. The van der Waals surface area contributed by atoms with Crippen molar-refractivity contribution in [1.29, 1.82) is 0 Å². The van der Waals surface area contributed by atoms with Crippen molar-refractivity contribution in [3.63, 3.8) is 0 Å². The predicted molar refractivity (Wildman–Crippen MR) is 140 cm³/mol. The summed E-state index contributed by atoms with van der Waals surface area (Å²) in [5.41, 5.74) is 3.66. The van der Waals surface area contributed by atoms with Gasteiger partial charge in [-0.2, -0.15) is 20.1 Å². The first-order valence-corrected chi connectivity index (χ1v) is 11.8. The number of furan rings is 1. The van der Waals surface area contributed by atoms with Gasteiger partial charge in [0.25, 0.3) is 5.69 Å². The monoisotopic (exact) mass is 538 g/mol. The number of benzene rings is 2. The molecule has 12 nitrogen and oxygen atoms in total. The first kappa shape index (κ1) is 25.0. The van der Waals surface area contributed by atoms with Crippen molar-refractivity contribution in [2.45, 2.75) is 0 Å². The average molecular weight is 539 g/mol. The van der Waals surface area contributed by atoms with Crippen LogP contribution >= 0.6 is 11.6 Å². The van der Waals surface area contributed by atoms with Crippen LogP contribution in [-0.4, -0.2) is 52.4 Å².